The molecule has 0 saturated carbocycles. The average molecular weight is 1150 g/mol. The van der Waals surface area contributed by atoms with Gasteiger partial charge in [0, 0.05) is 109 Å². The molecule has 0 spiro atoms. The van der Waals surface area contributed by atoms with Crippen molar-refractivity contribution < 1.29 is 28.9 Å². The molecular weight excluding hydrogens is 1080 g/mol. The van der Waals surface area contributed by atoms with Crippen LogP contribution in [0.2, 0.25) is 0 Å². The largest absolute Gasteiger partial charge is 0.490 e. The monoisotopic (exact) mass is 1150 g/mol. The number of pyridine rings is 4. The quantitative estimate of drug-likeness (QED) is 0.0345. The van der Waals surface area contributed by atoms with Crippen LogP contribution in [0.15, 0.2) is 193 Å². The van der Waals surface area contributed by atoms with Gasteiger partial charge in [0.25, 0.3) is 11.8 Å². The summed E-state index contributed by atoms with van der Waals surface area (Å²) in [4.78, 5) is 25.8. The van der Waals surface area contributed by atoms with E-state index in [4.69, 9.17) is 28.9 Å². The predicted octanol–water partition coefficient (Wildman–Crippen LogP) is 9.69. The predicted molar refractivity (Wildman–Crippen MR) is 337 cm³/mol. The van der Waals surface area contributed by atoms with Crippen LogP contribution in [-0.2, 0) is 13.1 Å². The summed E-state index contributed by atoms with van der Waals surface area (Å²) in [5.41, 5.74) is 15.1. The second-order valence-corrected chi connectivity index (χ2v) is 21.0. The fourth-order valence-corrected chi connectivity index (χ4v) is 9.20. The Kier molecular flexibility index (Phi) is 21.0. The normalized spacial score (nSPS) is 10.9. The van der Waals surface area contributed by atoms with Gasteiger partial charge in [-0.2, -0.15) is 0 Å². The van der Waals surface area contributed by atoms with Crippen LogP contribution in [0.3, 0.4) is 0 Å². The number of imidazole rings is 2. The summed E-state index contributed by atoms with van der Waals surface area (Å²) < 4.78 is 15.1. The number of fused-ring (bicyclic) bond motifs is 2. The Morgan fingerprint density at radius 3 is 1.34 bits per heavy atom. The lowest BCUT2D eigenvalue weighted by molar-refractivity contribution is 0.424. The van der Waals surface area contributed by atoms with E-state index in [1.807, 2.05) is 69.4 Å². The van der Waals surface area contributed by atoms with Crippen LogP contribution >= 0.6 is 0 Å². The van der Waals surface area contributed by atoms with Gasteiger partial charge in [-0.1, -0.05) is 100 Å². The molecule has 0 bridgehead atoms. The fraction of sp³-hybridized carbons (Fsp3) is 0.219. The minimum Gasteiger partial charge on any atom is -0.423 e. The Balaban J connectivity index is 0.000000153. The molecule has 0 aliphatic rings. The Hall–Kier alpha value is -9.73. The molecule has 20 nitrogen and oxygen atoms in total. The number of rotatable bonds is 18. The zero-order valence-electron chi connectivity index (χ0n) is 48.8. The summed E-state index contributed by atoms with van der Waals surface area (Å²) in [5, 5.41) is 60.0. The molecule has 0 aliphatic carbocycles. The molecule has 12 aromatic rings. The molecule has 0 radical (unpaired) electrons. The smallest absolute Gasteiger partial charge is 0.423 e. The lowest BCUT2D eigenvalue weighted by atomic mass is 9.79. The van der Waals surface area contributed by atoms with Gasteiger partial charge in [0.05, 0.1) is 46.2 Å². The molecule has 0 unspecified atom stereocenters. The number of nitrogens with one attached hydrogen (secondary N) is 2. The summed E-state index contributed by atoms with van der Waals surface area (Å²) >= 11 is 0. The zero-order chi connectivity index (χ0) is 60.4. The second-order valence-electron chi connectivity index (χ2n) is 21.0. The lowest BCUT2D eigenvalue weighted by Gasteiger charge is -2.14. The first-order valence-electron chi connectivity index (χ1n) is 28.3. The third kappa shape index (κ3) is 16.3. The third-order valence-electron chi connectivity index (χ3n) is 14.1. The molecule has 8 heterocycles. The number of hydrogen-bond donors (Lipinski definition) is 6. The Morgan fingerprint density at radius 1 is 0.488 bits per heavy atom. The highest BCUT2D eigenvalue weighted by Gasteiger charge is 2.18. The van der Waals surface area contributed by atoms with Gasteiger partial charge < -0.3 is 48.7 Å². The van der Waals surface area contributed by atoms with Crippen molar-refractivity contribution in [2.75, 3.05) is 23.7 Å². The summed E-state index contributed by atoms with van der Waals surface area (Å²) in [7, 11) is -2.76. The maximum absolute atomic E-state index is 8.81. The second kappa shape index (κ2) is 29.7. The minimum absolute atomic E-state index is 0.422. The Morgan fingerprint density at radius 2 is 0.930 bits per heavy atom. The maximum Gasteiger partial charge on any atom is 0.490 e. The van der Waals surface area contributed by atoms with Crippen LogP contribution in [0.1, 0.15) is 74.9 Å². The average Bonchev–Trinajstić information content (AvgIpc) is 1.77. The van der Waals surface area contributed by atoms with Crippen LogP contribution < -0.4 is 21.6 Å². The number of hydrogen-bond acceptors (Lipinski definition) is 18. The molecule has 0 amide bonds. The van der Waals surface area contributed by atoms with Gasteiger partial charge in [0.2, 0.25) is 12.8 Å². The number of anilines is 2. The molecule has 22 heteroatoms. The first-order valence-corrected chi connectivity index (χ1v) is 28.3. The van der Waals surface area contributed by atoms with E-state index in [0.717, 1.165) is 111 Å². The van der Waals surface area contributed by atoms with Crippen molar-refractivity contribution in [3.8, 4) is 45.2 Å². The standard InChI is InChI=1S/C26H26N6O.C23H21N7O.C9H13BO2.C6H8BNO2/c1-18(2)19-4-6-20(7-5-19)21-8-9-24-22(14-21)25(23(15-29-24)26-31-30-17-33-26)28-10-3-12-32-13-11-27-16-32;1-16-3-4-18(12-26-16)17-5-6-21-19(11-17)22(20(13-27-21)23-29-28-15-31-23)25-7-2-9-30-10-8-24-14-30;1-7(2)8-3-5-9(6-4-8)10(11)12;1-5-2-3-6(4-8-5)7(9)10/h4-9,11,13-18H,3,10,12H2,1-2H3,(H,28,29);3-6,8,10-15H,2,7,9H2,1H3,(H,25,27);3-7,11-12H,1-2H3;2-4,9-10H,1H3. The number of nitrogens with zero attached hydrogens (tertiary/aromatic N) is 12. The number of aromatic nitrogens is 12. The Bertz CT molecular complexity index is 3940. The van der Waals surface area contributed by atoms with Gasteiger partial charge in [-0.25, -0.2) is 9.97 Å². The summed E-state index contributed by atoms with van der Waals surface area (Å²) in [5.74, 6) is 1.88. The third-order valence-corrected chi connectivity index (χ3v) is 14.1. The molecule has 0 fully saturated rings. The fourth-order valence-electron chi connectivity index (χ4n) is 9.20. The molecule has 12 rings (SSSR count). The van der Waals surface area contributed by atoms with Crippen molar-refractivity contribution in [3.63, 3.8) is 0 Å². The number of aryl methyl sites for hydroxylation is 4. The Labute approximate surface area is 499 Å². The van der Waals surface area contributed by atoms with Crippen LogP contribution in [0.5, 0.6) is 0 Å². The van der Waals surface area contributed by atoms with Gasteiger partial charge in [-0.15, -0.1) is 20.4 Å². The maximum atomic E-state index is 8.81. The topological polar surface area (TPSA) is 270 Å². The number of benzene rings is 4. The molecule has 6 N–H and O–H groups in total. The molecule has 8 aromatic heterocycles. The lowest BCUT2D eigenvalue weighted by Crippen LogP contribution is -2.29. The molecule has 0 saturated heterocycles. The van der Waals surface area contributed by atoms with Crippen molar-refractivity contribution in [2.24, 2.45) is 0 Å². The first kappa shape index (κ1) is 60.8. The first-order chi connectivity index (χ1) is 41.8. The van der Waals surface area contributed by atoms with Crippen molar-refractivity contribution in [2.45, 2.75) is 79.3 Å². The minimum atomic E-state index is -1.41. The van der Waals surface area contributed by atoms with E-state index in [0.29, 0.717) is 34.5 Å². The van der Waals surface area contributed by atoms with Crippen molar-refractivity contribution >= 4 is 58.3 Å². The summed E-state index contributed by atoms with van der Waals surface area (Å²) in [6.07, 6.45) is 22.7. The molecule has 4 aromatic carbocycles. The van der Waals surface area contributed by atoms with E-state index in [-0.39, 0.29) is 0 Å². The molecular formula is C64H68B2N14O6. The van der Waals surface area contributed by atoms with Crippen LogP contribution in [-0.4, -0.2) is 107 Å². The molecule has 0 aliphatic heterocycles. The van der Waals surface area contributed by atoms with Gasteiger partial charge >= 0.3 is 14.2 Å². The zero-order valence-corrected chi connectivity index (χ0v) is 48.8. The van der Waals surface area contributed by atoms with Gasteiger partial charge in [-0.05, 0) is 108 Å². The van der Waals surface area contributed by atoms with E-state index in [2.05, 4.69) is 158 Å². The van der Waals surface area contributed by atoms with E-state index in [1.165, 1.54) is 35.7 Å². The molecule has 86 heavy (non-hydrogen) atoms. The SMILES string of the molecule is CC(C)c1ccc(-c2ccc3ncc(-c4nnco4)c(NCCCn4ccnc4)c3c2)cc1.CC(C)c1ccc(B(O)O)cc1.Cc1ccc(-c2ccc3ncc(-c4nnco4)c(NCCCn4ccnc4)c3c2)cn1.Cc1ccc(B(O)O)cn1. The summed E-state index contributed by atoms with van der Waals surface area (Å²) in [6, 6.07) is 36.1. The van der Waals surface area contributed by atoms with E-state index < -0.39 is 14.2 Å². The van der Waals surface area contributed by atoms with Crippen LogP contribution in [0.4, 0.5) is 11.4 Å². The highest BCUT2D eigenvalue weighted by atomic mass is 16.4. The molecule has 0 atom stereocenters. The van der Waals surface area contributed by atoms with Gasteiger partial charge in [0.15, 0.2) is 0 Å². The van der Waals surface area contributed by atoms with Crippen LogP contribution in [0, 0.1) is 13.8 Å². The van der Waals surface area contributed by atoms with Crippen LogP contribution in [0.25, 0.3) is 67.0 Å². The van der Waals surface area contributed by atoms with E-state index in [9.17, 15) is 0 Å². The van der Waals surface area contributed by atoms with E-state index >= 15 is 0 Å². The van der Waals surface area contributed by atoms with E-state index in [1.54, 1.807) is 49.1 Å². The summed E-state index contributed by atoms with van der Waals surface area (Å²) in [6.45, 7) is 15.8. The highest BCUT2D eigenvalue weighted by Crippen LogP contribution is 2.37. The molecule has 436 valence electrons. The van der Waals surface area contributed by atoms with Gasteiger partial charge in [0.1, 0.15) is 0 Å². The van der Waals surface area contributed by atoms with Crippen molar-refractivity contribution in [1.82, 2.24) is 59.4 Å². The van der Waals surface area contributed by atoms with Crippen molar-refractivity contribution in [1.29, 1.82) is 0 Å². The van der Waals surface area contributed by atoms with Gasteiger partial charge in [-0.3, -0.25) is 19.9 Å². The van der Waals surface area contributed by atoms with Crippen molar-refractivity contribution in [3.05, 3.63) is 207 Å². The highest BCUT2D eigenvalue weighted by molar-refractivity contribution is 6.58.